The van der Waals surface area contributed by atoms with Gasteiger partial charge in [0.05, 0.1) is 12.3 Å². The van der Waals surface area contributed by atoms with Crippen molar-refractivity contribution in [3.05, 3.63) is 48.5 Å². The molecule has 0 saturated heterocycles. The Balaban J connectivity index is 1.66. The Morgan fingerprint density at radius 1 is 1.15 bits per heavy atom. The first-order chi connectivity index (χ1) is 13.1. The van der Waals surface area contributed by atoms with Crippen LogP contribution in [0.2, 0.25) is 0 Å². The highest BCUT2D eigenvalue weighted by Gasteiger charge is 2.11. The Morgan fingerprint density at radius 2 is 1.89 bits per heavy atom. The SMILES string of the molecule is CCOc1ccccc1NC(=O)Cn1nnc(-c2ccc(N(C)C)cc2)n1. The summed E-state index contributed by atoms with van der Waals surface area (Å²) in [5.41, 5.74) is 2.54. The molecule has 1 amide bonds. The van der Waals surface area contributed by atoms with Crippen LogP contribution in [0.15, 0.2) is 48.5 Å². The number of nitrogens with one attached hydrogen (secondary N) is 1. The maximum atomic E-state index is 12.3. The third-order valence-corrected chi connectivity index (χ3v) is 3.84. The van der Waals surface area contributed by atoms with Gasteiger partial charge in [0, 0.05) is 25.3 Å². The van der Waals surface area contributed by atoms with Crippen molar-refractivity contribution in [2.24, 2.45) is 0 Å². The zero-order valence-electron chi connectivity index (χ0n) is 15.6. The largest absolute Gasteiger partial charge is 0.492 e. The maximum absolute atomic E-state index is 12.3. The first-order valence-corrected chi connectivity index (χ1v) is 8.64. The molecule has 3 aromatic rings. The average Bonchev–Trinajstić information content (AvgIpc) is 3.12. The number of hydrogen-bond donors (Lipinski definition) is 1. The number of aromatic nitrogens is 4. The zero-order chi connectivity index (χ0) is 19.2. The molecule has 8 heteroatoms. The minimum atomic E-state index is -0.256. The van der Waals surface area contributed by atoms with Crippen LogP contribution in [0.25, 0.3) is 11.4 Å². The molecule has 27 heavy (non-hydrogen) atoms. The number of rotatable bonds is 7. The fourth-order valence-corrected chi connectivity index (χ4v) is 2.50. The molecule has 0 atom stereocenters. The Labute approximate surface area is 157 Å². The summed E-state index contributed by atoms with van der Waals surface area (Å²) in [6, 6.07) is 15.1. The lowest BCUT2D eigenvalue weighted by atomic mass is 10.2. The minimum absolute atomic E-state index is 0.0385. The van der Waals surface area contributed by atoms with Gasteiger partial charge >= 0.3 is 0 Å². The molecule has 0 radical (unpaired) electrons. The van der Waals surface area contributed by atoms with E-state index >= 15 is 0 Å². The molecular weight excluding hydrogens is 344 g/mol. The molecule has 0 bridgehead atoms. The smallest absolute Gasteiger partial charge is 0.248 e. The zero-order valence-corrected chi connectivity index (χ0v) is 15.6. The van der Waals surface area contributed by atoms with Crippen molar-refractivity contribution in [1.29, 1.82) is 0 Å². The van der Waals surface area contributed by atoms with Gasteiger partial charge in [-0.1, -0.05) is 12.1 Å². The molecule has 0 unspecified atom stereocenters. The van der Waals surface area contributed by atoms with Gasteiger partial charge in [-0.2, -0.15) is 4.80 Å². The summed E-state index contributed by atoms with van der Waals surface area (Å²) < 4.78 is 5.51. The van der Waals surface area contributed by atoms with Crippen LogP contribution in [0.1, 0.15) is 6.92 Å². The van der Waals surface area contributed by atoms with E-state index in [2.05, 4.69) is 20.7 Å². The number of hydrogen-bond acceptors (Lipinski definition) is 6. The van der Waals surface area contributed by atoms with Gasteiger partial charge in [-0.05, 0) is 48.5 Å². The van der Waals surface area contributed by atoms with Crippen LogP contribution >= 0.6 is 0 Å². The molecule has 1 heterocycles. The normalized spacial score (nSPS) is 10.5. The van der Waals surface area contributed by atoms with E-state index in [9.17, 15) is 4.79 Å². The second-order valence-electron chi connectivity index (χ2n) is 6.06. The van der Waals surface area contributed by atoms with Gasteiger partial charge in [-0.15, -0.1) is 10.2 Å². The van der Waals surface area contributed by atoms with Crippen molar-refractivity contribution in [2.75, 3.05) is 30.9 Å². The number of benzene rings is 2. The number of carbonyl (C=O) groups is 1. The molecule has 2 aromatic carbocycles. The van der Waals surface area contributed by atoms with Gasteiger partial charge in [-0.3, -0.25) is 4.79 Å². The number of nitrogens with zero attached hydrogens (tertiary/aromatic N) is 5. The molecule has 0 saturated carbocycles. The predicted molar refractivity (Wildman–Crippen MR) is 104 cm³/mol. The minimum Gasteiger partial charge on any atom is -0.492 e. The van der Waals surface area contributed by atoms with E-state index in [1.807, 2.05) is 68.4 Å². The highest BCUT2D eigenvalue weighted by Crippen LogP contribution is 2.23. The third kappa shape index (κ3) is 4.60. The lowest BCUT2D eigenvalue weighted by molar-refractivity contribution is -0.117. The lowest BCUT2D eigenvalue weighted by Gasteiger charge is -2.11. The second kappa shape index (κ2) is 8.31. The number of tetrazole rings is 1. The van der Waals surface area contributed by atoms with Gasteiger partial charge in [0.2, 0.25) is 11.7 Å². The topological polar surface area (TPSA) is 85.2 Å². The van der Waals surface area contributed by atoms with E-state index in [4.69, 9.17) is 4.74 Å². The summed E-state index contributed by atoms with van der Waals surface area (Å²) in [6.07, 6.45) is 0. The molecule has 0 fully saturated rings. The number of ether oxygens (including phenoxy) is 1. The lowest BCUT2D eigenvalue weighted by Crippen LogP contribution is -2.20. The van der Waals surface area contributed by atoms with Gasteiger partial charge in [0.15, 0.2) is 0 Å². The molecule has 1 aromatic heterocycles. The summed E-state index contributed by atoms with van der Waals surface area (Å²) in [4.78, 5) is 15.6. The molecule has 0 spiro atoms. The van der Waals surface area contributed by atoms with Crippen molar-refractivity contribution in [2.45, 2.75) is 13.5 Å². The summed E-state index contributed by atoms with van der Waals surface area (Å²) in [5.74, 6) is 0.846. The van der Waals surface area contributed by atoms with E-state index in [-0.39, 0.29) is 12.5 Å². The van der Waals surface area contributed by atoms with Crippen LogP contribution in [0.5, 0.6) is 5.75 Å². The predicted octanol–water partition coefficient (Wildman–Crippen LogP) is 2.44. The summed E-state index contributed by atoms with van der Waals surface area (Å²) in [7, 11) is 3.96. The Bertz CT molecular complexity index is 905. The molecule has 140 valence electrons. The molecule has 0 aliphatic carbocycles. The number of para-hydroxylation sites is 2. The number of anilines is 2. The van der Waals surface area contributed by atoms with Crippen LogP contribution in [0.3, 0.4) is 0 Å². The van der Waals surface area contributed by atoms with Crippen LogP contribution in [-0.2, 0) is 11.3 Å². The maximum Gasteiger partial charge on any atom is 0.248 e. The summed E-state index contributed by atoms with van der Waals surface area (Å²) in [5, 5.41) is 15.1. The summed E-state index contributed by atoms with van der Waals surface area (Å²) >= 11 is 0. The second-order valence-corrected chi connectivity index (χ2v) is 6.06. The van der Waals surface area contributed by atoms with Crippen molar-refractivity contribution in [3.63, 3.8) is 0 Å². The Kier molecular flexibility index (Phi) is 5.65. The number of amides is 1. The van der Waals surface area contributed by atoms with Gasteiger partial charge in [0.25, 0.3) is 0 Å². The molecule has 1 N–H and O–H groups in total. The number of carbonyl (C=O) groups excluding carboxylic acids is 1. The monoisotopic (exact) mass is 366 g/mol. The van der Waals surface area contributed by atoms with Crippen LogP contribution in [0, 0.1) is 0 Å². The van der Waals surface area contributed by atoms with E-state index in [1.54, 1.807) is 6.07 Å². The van der Waals surface area contributed by atoms with Gasteiger partial charge < -0.3 is 15.0 Å². The fourth-order valence-electron chi connectivity index (χ4n) is 2.50. The first-order valence-electron chi connectivity index (χ1n) is 8.64. The van der Waals surface area contributed by atoms with Crippen LogP contribution in [0.4, 0.5) is 11.4 Å². The van der Waals surface area contributed by atoms with Gasteiger partial charge in [-0.25, -0.2) is 0 Å². The standard InChI is InChI=1S/C19H22N6O2/c1-4-27-17-8-6-5-7-16(17)20-18(26)13-25-22-19(21-23-25)14-9-11-15(12-10-14)24(2)3/h5-12H,4,13H2,1-3H3,(H,20,26). The molecular formula is C19H22N6O2. The summed E-state index contributed by atoms with van der Waals surface area (Å²) in [6.45, 7) is 2.38. The van der Waals surface area contributed by atoms with Gasteiger partial charge in [0.1, 0.15) is 12.3 Å². The van der Waals surface area contributed by atoms with Crippen molar-refractivity contribution >= 4 is 17.3 Å². The Morgan fingerprint density at radius 3 is 2.59 bits per heavy atom. The molecule has 0 aliphatic heterocycles. The van der Waals surface area contributed by atoms with E-state index in [0.717, 1.165) is 11.3 Å². The van der Waals surface area contributed by atoms with Crippen molar-refractivity contribution in [3.8, 4) is 17.1 Å². The van der Waals surface area contributed by atoms with Crippen LogP contribution in [-0.4, -0.2) is 46.8 Å². The van der Waals surface area contributed by atoms with E-state index in [1.165, 1.54) is 4.80 Å². The van der Waals surface area contributed by atoms with Crippen molar-refractivity contribution < 1.29 is 9.53 Å². The van der Waals surface area contributed by atoms with Crippen molar-refractivity contribution in [1.82, 2.24) is 20.2 Å². The fraction of sp³-hybridized carbons (Fsp3) is 0.263. The molecule has 3 rings (SSSR count). The first kappa shape index (κ1) is 18.4. The average molecular weight is 366 g/mol. The van der Waals surface area contributed by atoms with E-state index < -0.39 is 0 Å². The van der Waals surface area contributed by atoms with E-state index in [0.29, 0.717) is 23.9 Å². The molecule has 8 nitrogen and oxygen atoms in total. The Hall–Kier alpha value is -3.42. The molecule has 0 aliphatic rings. The quantitative estimate of drug-likeness (QED) is 0.691. The highest BCUT2D eigenvalue weighted by molar-refractivity contribution is 5.92. The third-order valence-electron chi connectivity index (χ3n) is 3.84. The highest BCUT2D eigenvalue weighted by atomic mass is 16.5. The van der Waals surface area contributed by atoms with Crippen LogP contribution < -0.4 is 15.0 Å².